The van der Waals surface area contributed by atoms with E-state index in [1.807, 2.05) is 23.5 Å². The monoisotopic (exact) mass is 338 g/mol. The van der Waals surface area contributed by atoms with E-state index in [-0.39, 0.29) is 0 Å². The molecule has 0 aliphatic rings. The van der Waals surface area contributed by atoms with Crippen LogP contribution >= 0.6 is 23.5 Å². The third kappa shape index (κ3) is 10.6. The van der Waals surface area contributed by atoms with Gasteiger partial charge in [-0.3, -0.25) is 0 Å². The second kappa shape index (κ2) is 14.5. The van der Waals surface area contributed by atoms with Crippen LogP contribution in [0.25, 0.3) is 0 Å². The van der Waals surface area contributed by atoms with E-state index in [2.05, 4.69) is 38.1 Å². The lowest BCUT2D eigenvalue weighted by Crippen LogP contribution is -1.84. The van der Waals surface area contributed by atoms with Gasteiger partial charge in [-0.25, -0.2) is 0 Å². The van der Waals surface area contributed by atoms with Crippen molar-refractivity contribution in [2.75, 3.05) is 11.5 Å². The summed E-state index contributed by atoms with van der Waals surface area (Å²) in [5.41, 5.74) is 0. The number of hydrogen-bond donors (Lipinski definition) is 0. The van der Waals surface area contributed by atoms with Gasteiger partial charge >= 0.3 is 0 Å². The summed E-state index contributed by atoms with van der Waals surface area (Å²) in [6, 6.07) is 9.14. The zero-order valence-corrected chi connectivity index (χ0v) is 16.2. The molecule has 1 rings (SSSR count). The molecule has 126 valence electrons. The number of thioether (sulfide) groups is 2. The molecule has 0 atom stereocenters. The summed E-state index contributed by atoms with van der Waals surface area (Å²) < 4.78 is 0. The summed E-state index contributed by atoms with van der Waals surface area (Å²) in [6.07, 6.45) is 13.8. The van der Waals surface area contributed by atoms with Crippen LogP contribution in [-0.2, 0) is 0 Å². The van der Waals surface area contributed by atoms with Gasteiger partial charge in [-0.15, -0.1) is 23.5 Å². The quantitative estimate of drug-likeness (QED) is 0.250. The lowest BCUT2D eigenvalue weighted by molar-refractivity contribution is 0.659. The molecular formula is C20H34S2. The molecule has 0 spiro atoms. The van der Waals surface area contributed by atoms with E-state index in [1.165, 1.54) is 85.5 Å². The fraction of sp³-hybridized carbons (Fsp3) is 0.700. The average Bonchev–Trinajstić information content (AvgIpc) is 2.54. The Morgan fingerprint density at radius 3 is 1.55 bits per heavy atom. The highest BCUT2D eigenvalue weighted by atomic mass is 32.2. The first-order valence-corrected chi connectivity index (χ1v) is 11.2. The number of benzene rings is 1. The third-order valence-corrected chi connectivity index (χ3v) is 6.00. The second-order valence-electron chi connectivity index (χ2n) is 6.00. The zero-order valence-electron chi connectivity index (χ0n) is 14.6. The van der Waals surface area contributed by atoms with Gasteiger partial charge in [0.05, 0.1) is 0 Å². The van der Waals surface area contributed by atoms with Crippen LogP contribution in [-0.4, -0.2) is 11.5 Å². The van der Waals surface area contributed by atoms with Crippen LogP contribution < -0.4 is 0 Å². The molecule has 0 heterocycles. The van der Waals surface area contributed by atoms with Crippen molar-refractivity contribution in [3.05, 3.63) is 24.3 Å². The standard InChI is InChI=1S/C20H34S2/c1-3-5-7-9-11-16-21-19-14-13-15-20(18-19)22-17-12-10-8-6-4-2/h13-15,18H,3-12,16-17H2,1-2H3. The Labute approximate surface area is 147 Å². The maximum absolute atomic E-state index is 2.38. The van der Waals surface area contributed by atoms with Crippen molar-refractivity contribution in [2.24, 2.45) is 0 Å². The van der Waals surface area contributed by atoms with Gasteiger partial charge < -0.3 is 0 Å². The van der Waals surface area contributed by atoms with Crippen LogP contribution in [0.5, 0.6) is 0 Å². The van der Waals surface area contributed by atoms with Gasteiger partial charge in [-0.1, -0.05) is 71.3 Å². The maximum Gasteiger partial charge on any atom is 0.00830 e. The van der Waals surface area contributed by atoms with Crippen molar-refractivity contribution < 1.29 is 0 Å². The number of hydrogen-bond acceptors (Lipinski definition) is 2. The molecule has 1 aromatic rings. The highest BCUT2D eigenvalue weighted by molar-refractivity contribution is 8.00. The van der Waals surface area contributed by atoms with Crippen LogP contribution in [0.4, 0.5) is 0 Å². The molecule has 22 heavy (non-hydrogen) atoms. The SMILES string of the molecule is CCCCCCCSc1cccc(SCCCCCCC)c1. The Balaban J connectivity index is 2.13. The highest BCUT2D eigenvalue weighted by Gasteiger charge is 1.99. The third-order valence-electron chi connectivity index (χ3n) is 3.84. The second-order valence-corrected chi connectivity index (χ2v) is 8.34. The van der Waals surface area contributed by atoms with Gasteiger partial charge in [0, 0.05) is 9.79 Å². The van der Waals surface area contributed by atoms with Gasteiger partial charge in [0.1, 0.15) is 0 Å². The summed E-state index contributed by atoms with van der Waals surface area (Å²) in [5, 5.41) is 0. The minimum atomic E-state index is 1.27. The van der Waals surface area contributed by atoms with Crippen LogP contribution in [0.15, 0.2) is 34.1 Å². The highest BCUT2D eigenvalue weighted by Crippen LogP contribution is 2.26. The minimum absolute atomic E-state index is 1.27. The van der Waals surface area contributed by atoms with Crippen molar-refractivity contribution >= 4 is 23.5 Å². The molecule has 0 bridgehead atoms. The zero-order chi connectivity index (χ0) is 15.9. The van der Waals surface area contributed by atoms with Gasteiger partial charge in [-0.05, 0) is 42.5 Å². The molecule has 1 aromatic carbocycles. The molecule has 0 saturated heterocycles. The van der Waals surface area contributed by atoms with Crippen molar-refractivity contribution in [1.82, 2.24) is 0 Å². The minimum Gasteiger partial charge on any atom is -0.126 e. The van der Waals surface area contributed by atoms with Gasteiger partial charge in [0.25, 0.3) is 0 Å². The summed E-state index contributed by atoms with van der Waals surface area (Å²) in [4.78, 5) is 2.90. The summed E-state index contributed by atoms with van der Waals surface area (Å²) in [5.74, 6) is 2.55. The summed E-state index contributed by atoms with van der Waals surface area (Å²) >= 11 is 4.06. The molecular weight excluding hydrogens is 304 g/mol. The predicted molar refractivity (Wildman–Crippen MR) is 105 cm³/mol. The topological polar surface area (TPSA) is 0 Å². The average molecular weight is 339 g/mol. The number of rotatable bonds is 14. The first kappa shape index (κ1) is 20.0. The number of unbranched alkanes of at least 4 members (excludes halogenated alkanes) is 8. The molecule has 0 fully saturated rings. The van der Waals surface area contributed by atoms with E-state index in [1.54, 1.807) is 0 Å². The van der Waals surface area contributed by atoms with Crippen LogP contribution in [0.2, 0.25) is 0 Å². The molecule has 0 aliphatic heterocycles. The lowest BCUT2D eigenvalue weighted by atomic mass is 10.2. The van der Waals surface area contributed by atoms with Crippen molar-refractivity contribution in [3.63, 3.8) is 0 Å². The molecule has 0 N–H and O–H groups in total. The Morgan fingerprint density at radius 2 is 1.09 bits per heavy atom. The van der Waals surface area contributed by atoms with Gasteiger partial charge in [0.2, 0.25) is 0 Å². The van der Waals surface area contributed by atoms with E-state index in [0.717, 1.165) is 0 Å². The maximum atomic E-state index is 2.38. The molecule has 0 aromatic heterocycles. The van der Waals surface area contributed by atoms with Gasteiger partial charge in [0.15, 0.2) is 0 Å². The Morgan fingerprint density at radius 1 is 0.636 bits per heavy atom. The molecule has 0 aliphatic carbocycles. The molecule has 0 nitrogen and oxygen atoms in total. The largest absolute Gasteiger partial charge is 0.126 e. The molecule has 0 amide bonds. The van der Waals surface area contributed by atoms with E-state index >= 15 is 0 Å². The molecule has 0 saturated carbocycles. The predicted octanol–water partition coefficient (Wildman–Crippen LogP) is 7.81. The van der Waals surface area contributed by atoms with Gasteiger partial charge in [-0.2, -0.15) is 0 Å². The van der Waals surface area contributed by atoms with E-state index < -0.39 is 0 Å². The van der Waals surface area contributed by atoms with E-state index in [4.69, 9.17) is 0 Å². The molecule has 2 heteroatoms. The molecule has 0 radical (unpaired) electrons. The van der Waals surface area contributed by atoms with E-state index in [9.17, 15) is 0 Å². The Bertz CT molecular complexity index is 331. The van der Waals surface area contributed by atoms with Crippen molar-refractivity contribution in [3.8, 4) is 0 Å². The molecule has 0 unspecified atom stereocenters. The summed E-state index contributed by atoms with van der Waals surface area (Å²) in [7, 11) is 0. The summed E-state index contributed by atoms with van der Waals surface area (Å²) in [6.45, 7) is 4.56. The fourth-order valence-corrected chi connectivity index (χ4v) is 4.46. The van der Waals surface area contributed by atoms with Crippen molar-refractivity contribution in [2.45, 2.75) is 87.8 Å². The Hall–Kier alpha value is -0.0800. The smallest absolute Gasteiger partial charge is 0.00830 e. The Kier molecular flexibility index (Phi) is 13.2. The van der Waals surface area contributed by atoms with Crippen LogP contribution in [0.3, 0.4) is 0 Å². The van der Waals surface area contributed by atoms with Crippen LogP contribution in [0, 0.1) is 0 Å². The van der Waals surface area contributed by atoms with E-state index in [0.29, 0.717) is 0 Å². The lowest BCUT2D eigenvalue weighted by Gasteiger charge is -2.05. The first-order valence-electron chi connectivity index (χ1n) is 9.22. The van der Waals surface area contributed by atoms with Crippen molar-refractivity contribution in [1.29, 1.82) is 0 Å². The fourth-order valence-electron chi connectivity index (χ4n) is 2.45. The first-order chi connectivity index (χ1) is 10.9. The normalized spacial score (nSPS) is 11.0. The van der Waals surface area contributed by atoms with Crippen LogP contribution in [0.1, 0.15) is 78.1 Å².